The van der Waals surface area contributed by atoms with E-state index in [1.807, 2.05) is 18.2 Å². The van der Waals surface area contributed by atoms with Crippen molar-refractivity contribution in [2.45, 2.75) is 17.6 Å². The predicted octanol–water partition coefficient (Wildman–Crippen LogP) is 7.54. The molecule has 6 rings (SSSR count). The van der Waals surface area contributed by atoms with Crippen molar-refractivity contribution in [2.75, 3.05) is 7.05 Å². The smallest absolute Gasteiger partial charge is 0.190 e. The summed E-state index contributed by atoms with van der Waals surface area (Å²) in [5.41, 5.74) is 3.53. The SMILES string of the molecule is C=CC[C@]12c3ccccc3C=C[C@@H]1[C@@H](c1ccccc1)N(C)[P@@]2(=O)c1cccc2ccccc12. The van der Waals surface area contributed by atoms with Gasteiger partial charge in [0.25, 0.3) is 0 Å². The van der Waals surface area contributed by atoms with Gasteiger partial charge in [0.15, 0.2) is 7.29 Å². The second kappa shape index (κ2) is 7.94. The molecule has 1 fully saturated rings. The zero-order valence-corrected chi connectivity index (χ0v) is 20.2. The minimum Gasteiger partial charge on any atom is -0.300 e. The molecule has 1 aliphatic heterocycles. The lowest BCUT2D eigenvalue weighted by Gasteiger charge is -2.42. The zero-order chi connectivity index (χ0) is 23.3. The maximum absolute atomic E-state index is 16.0. The van der Waals surface area contributed by atoms with Crippen molar-refractivity contribution in [2.24, 2.45) is 5.92 Å². The molecule has 0 spiro atoms. The van der Waals surface area contributed by atoms with E-state index in [0.29, 0.717) is 6.42 Å². The largest absolute Gasteiger partial charge is 0.300 e. The van der Waals surface area contributed by atoms with Crippen LogP contribution in [0, 0.1) is 5.92 Å². The zero-order valence-electron chi connectivity index (χ0n) is 19.3. The standard InChI is InChI=1S/C31H28NOP/c1-3-22-31-27-18-10-8-13-24(27)20-21-28(31)30(25-14-5-4-6-15-25)32(2)34(31,33)29-19-11-16-23-12-7-9-17-26(23)29/h3-21,28,30H,1,22H2,2H3/t28-,30-,31+,34-/m1/s1. The molecule has 0 bridgehead atoms. The van der Waals surface area contributed by atoms with Crippen LogP contribution in [0.4, 0.5) is 0 Å². The summed E-state index contributed by atoms with van der Waals surface area (Å²) >= 11 is 0. The fourth-order valence-electron chi connectivity index (χ4n) is 6.52. The highest BCUT2D eigenvalue weighted by Crippen LogP contribution is 2.79. The number of nitrogens with zero attached hydrogens (tertiary/aromatic N) is 1. The Bertz CT molecular complexity index is 1470. The third kappa shape index (κ3) is 2.70. The quantitative estimate of drug-likeness (QED) is 0.231. The van der Waals surface area contributed by atoms with Crippen LogP contribution >= 0.6 is 7.29 Å². The average molecular weight is 462 g/mol. The molecule has 0 radical (unpaired) electrons. The van der Waals surface area contributed by atoms with Gasteiger partial charge in [0.05, 0.1) is 5.16 Å². The van der Waals surface area contributed by atoms with Crippen molar-refractivity contribution < 1.29 is 4.57 Å². The van der Waals surface area contributed by atoms with Gasteiger partial charge in [-0.25, -0.2) is 4.67 Å². The molecule has 1 heterocycles. The molecule has 34 heavy (non-hydrogen) atoms. The number of hydrogen-bond acceptors (Lipinski definition) is 1. The molecule has 0 aromatic heterocycles. The van der Waals surface area contributed by atoms with Gasteiger partial charge >= 0.3 is 0 Å². The number of benzene rings is 4. The van der Waals surface area contributed by atoms with E-state index in [9.17, 15) is 0 Å². The Kier molecular flexibility index (Phi) is 4.99. The van der Waals surface area contributed by atoms with Gasteiger partial charge in [-0.1, -0.05) is 109 Å². The Hall–Kier alpha value is -3.19. The molecule has 2 nitrogen and oxygen atoms in total. The fourth-order valence-corrected chi connectivity index (χ4v) is 10.8. The van der Waals surface area contributed by atoms with E-state index in [4.69, 9.17) is 0 Å². The summed E-state index contributed by atoms with van der Waals surface area (Å²) in [6.45, 7) is 4.16. The van der Waals surface area contributed by atoms with E-state index in [0.717, 1.165) is 21.6 Å². The van der Waals surface area contributed by atoms with E-state index in [2.05, 4.69) is 115 Å². The molecule has 4 aromatic rings. The highest BCUT2D eigenvalue weighted by atomic mass is 31.2. The summed E-state index contributed by atoms with van der Waals surface area (Å²) in [4.78, 5) is 0. The summed E-state index contributed by atoms with van der Waals surface area (Å²) in [5, 5.41) is 2.54. The molecule has 1 aliphatic carbocycles. The van der Waals surface area contributed by atoms with E-state index in [-0.39, 0.29) is 12.0 Å². The van der Waals surface area contributed by atoms with E-state index in [1.165, 1.54) is 11.1 Å². The number of fused-ring (bicyclic) bond motifs is 4. The van der Waals surface area contributed by atoms with Crippen LogP contribution in [0.1, 0.15) is 29.2 Å². The number of hydrogen-bond donors (Lipinski definition) is 0. The summed E-state index contributed by atoms with van der Waals surface area (Å²) in [7, 11) is -1.11. The van der Waals surface area contributed by atoms with Crippen LogP contribution in [0.25, 0.3) is 16.8 Å². The molecule has 1 saturated heterocycles. The highest BCUT2D eigenvalue weighted by molar-refractivity contribution is 7.71. The molecule has 0 amide bonds. The lowest BCUT2D eigenvalue weighted by atomic mass is 9.72. The Morgan fingerprint density at radius 3 is 2.44 bits per heavy atom. The van der Waals surface area contributed by atoms with Crippen molar-refractivity contribution in [1.82, 2.24) is 4.67 Å². The molecule has 0 unspecified atom stereocenters. The van der Waals surface area contributed by atoms with Crippen LogP contribution in [-0.2, 0) is 9.72 Å². The van der Waals surface area contributed by atoms with Crippen LogP contribution in [-0.4, -0.2) is 11.7 Å². The molecule has 168 valence electrons. The molecule has 4 atom stereocenters. The molecular formula is C31H28NOP. The maximum atomic E-state index is 16.0. The Morgan fingerprint density at radius 1 is 0.912 bits per heavy atom. The van der Waals surface area contributed by atoms with Gasteiger partial charge in [-0.15, -0.1) is 6.58 Å². The molecule has 3 heteroatoms. The van der Waals surface area contributed by atoms with Crippen molar-refractivity contribution in [3.63, 3.8) is 0 Å². The van der Waals surface area contributed by atoms with Crippen molar-refractivity contribution in [3.8, 4) is 0 Å². The van der Waals surface area contributed by atoms with Gasteiger partial charge in [-0.2, -0.15) is 0 Å². The first-order valence-corrected chi connectivity index (χ1v) is 13.5. The summed E-state index contributed by atoms with van der Waals surface area (Å²) in [6, 6.07) is 33.6. The second-order valence-corrected chi connectivity index (χ2v) is 12.5. The molecular weight excluding hydrogens is 433 g/mol. The van der Waals surface area contributed by atoms with Gasteiger partial charge in [-0.3, -0.25) is 0 Å². The van der Waals surface area contributed by atoms with Gasteiger partial charge in [0.1, 0.15) is 0 Å². The highest BCUT2D eigenvalue weighted by Gasteiger charge is 2.66. The summed E-state index contributed by atoms with van der Waals surface area (Å²) in [5.74, 6) is 0.0533. The van der Waals surface area contributed by atoms with E-state index >= 15 is 4.57 Å². The normalized spacial score (nSPS) is 27.9. The lowest BCUT2D eigenvalue weighted by molar-refractivity contribution is 0.324. The first-order chi connectivity index (χ1) is 16.6. The van der Waals surface area contributed by atoms with E-state index < -0.39 is 12.4 Å². The minimum absolute atomic E-state index is 0.00411. The van der Waals surface area contributed by atoms with Gasteiger partial charge in [0, 0.05) is 17.3 Å². The average Bonchev–Trinajstić information content (AvgIpc) is 3.09. The second-order valence-electron chi connectivity index (χ2n) is 9.39. The summed E-state index contributed by atoms with van der Waals surface area (Å²) < 4.78 is 18.2. The molecule has 0 N–H and O–H groups in total. The first-order valence-electron chi connectivity index (χ1n) is 11.9. The van der Waals surface area contributed by atoms with Crippen LogP contribution in [0.2, 0.25) is 0 Å². The Morgan fingerprint density at radius 2 is 1.62 bits per heavy atom. The predicted molar refractivity (Wildman–Crippen MR) is 144 cm³/mol. The Labute approximate surface area is 201 Å². The topological polar surface area (TPSA) is 20.3 Å². The van der Waals surface area contributed by atoms with Crippen LogP contribution in [0.3, 0.4) is 0 Å². The van der Waals surface area contributed by atoms with Crippen LogP contribution < -0.4 is 5.30 Å². The minimum atomic E-state index is -3.18. The first kappa shape index (κ1) is 21.4. The van der Waals surface area contributed by atoms with Crippen LogP contribution in [0.5, 0.6) is 0 Å². The number of rotatable bonds is 4. The summed E-state index contributed by atoms with van der Waals surface area (Å²) in [6.07, 6.45) is 7.16. The molecule has 0 saturated carbocycles. The van der Waals surface area contributed by atoms with Gasteiger partial charge in [-0.05, 0) is 47.0 Å². The van der Waals surface area contributed by atoms with Crippen molar-refractivity contribution in [1.29, 1.82) is 0 Å². The third-order valence-electron chi connectivity index (χ3n) is 7.88. The van der Waals surface area contributed by atoms with Crippen molar-refractivity contribution >= 4 is 29.4 Å². The lowest BCUT2D eigenvalue weighted by Crippen LogP contribution is -2.36. The third-order valence-corrected chi connectivity index (χ3v) is 11.9. The Balaban J connectivity index is 1.74. The van der Waals surface area contributed by atoms with Crippen LogP contribution in [0.15, 0.2) is 116 Å². The van der Waals surface area contributed by atoms with E-state index in [1.54, 1.807) is 0 Å². The van der Waals surface area contributed by atoms with Gasteiger partial charge in [0.2, 0.25) is 0 Å². The van der Waals surface area contributed by atoms with Gasteiger partial charge < -0.3 is 4.57 Å². The van der Waals surface area contributed by atoms with Crippen molar-refractivity contribution in [3.05, 3.63) is 132 Å². The monoisotopic (exact) mass is 461 g/mol. The maximum Gasteiger partial charge on any atom is 0.190 e. The molecule has 4 aromatic carbocycles. The molecule has 2 aliphatic rings. The number of allylic oxidation sites excluding steroid dienone is 1. The fraction of sp³-hybridized carbons (Fsp3) is 0.161.